The van der Waals surface area contributed by atoms with Crippen molar-refractivity contribution in [3.63, 3.8) is 0 Å². The van der Waals surface area contributed by atoms with Gasteiger partial charge in [0, 0.05) is 40.7 Å². The molecule has 1 amide bonds. The number of aromatic nitrogens is 3. The molecule has 3 heterocycles. The van der Waals surface area contributed by atoms with Gasteiger partial charge >= 0.3 is 6.09 Å². The minimum atomic E-state index is -1.31. The molecule has 1 aromatic carbocycles. The first-order chi connectivity index (χ1) is 17.3. The maximum Gasteiger partial charge on any atom is 0.410 e. The summed E-state index contributed by atoms with van der Waals surface area (Å²) in [6.45, 7) is 6.97. The maximum atomic E-state index is 14.8. The molecule has 3 atom stereocenters. The standard InChI is InChI=1S/C25H27Cl2F2N5O3/c1-13(21-16(26)5-6-17(28)22(21)27)36-20-7-14(8-31-23(20)30)15-9-32-34(10-15)19-12-33(11-18(19)29)24(35)37-25(2,3)4/h5-10,13,18-19H,11-12H2,1-4H3,(H2,30,31)/t13-,18?,19?/m1/s1. The van der Waals surface area contributed by atoms with Gasteiger partial charge in [0.05, 0.1) is 17.8 Å². The molecule has 0 aliphatic carbocycles. The topological polar surface area (TPSA) is 95.5 Å². The summed E-state index contributed by atoms with van der Waals surface area (Å²) in [4.78, 5) is 17.9. The molecule has 2 N–H and O–H groups in total. The molecule has 0 spiro atoms. The molecule has 1 aliphatic heterocycles. The second kappa shape index (κ2) is 10.3. The smallest absolute Gasteiger partial charge is 0.410 e. The summed E-state index contributed by atoms with van der Waals surface area (Å²) in [7, 11) is 0. The second-order valence-electron chi connectivity index (χ2n) is 9.80. The fraction of sp³-hybridized carbons (Fsp3) is 0.400. The summed E-state index contributed by atoms with van der Waals surface area (Å²) in [5, 5.41) is 4.42. The molecule has 2 aromatic heterocycles. The minimum absolute atomic E-state index is 0.0841. The monoisotopic (exact) mass is 553 g/mol. The lowest BCUT2D eigenvalue weighted by molar-refractivity contribution is 0.0281. The van der Waals surface area contributed by atoms with Gasteiger partial charge in [-0.1, -0.05) is 23.2 Å². The molecule has 4 rings (SSSR count). The molecule has 1 saturated heterocycles. The number of likely N-dealkylation sites (tertiary alicyclic amines) is 1. The first-order valence-corrected chi connectivity index (χ1v) is 12.3. The van der Waals surface area contributed by atoms with Gasteiger partial charge in [-0.05, 0) is 45.9 Å². The normalized spacial score (nSPS) is 18.6. The highest BCUT2D eigenvalue weighted by Gasteiger charge is 2.39. The molecule has 2 unspecified atom stereocenters. The van der Waals surface area contributed by atoms with E-state index < -0.39 is 35.8 Å². The Labute approximate surface area is 223 Å². The van der Waals surface area contributed by atoms with E-state index in [2.05, 4.69) is 10.1 Å². The molecule has 8 nitrogen and oxygen atoms in total. The third-order valence-corrected chi connectivity index (χ3v) is 6.53. The molecule has 12 heteroatoms. The number of anilines is 1. The fourth-order valence-electron chi connectivity index (χ4n) is 4.01. The number of benzene rings is 1. The molecular weight excluding hydrogens is 527 g/mol. The number of halogens is 4. The van der Waals surface area contributed by atoms with E-state index in [1.165, 1.54) is 27.9 Å². The lowest BCUT2D eigenvalue weighted by atomic mass is 10.1. The Bertz CT molecular complexity index is 1310. The first kappa shape index (κ1) is 26.9. The van der Waals surface area contributed by atoms with Crippen LogP contribution >= 0.6 is 23.2 Å². The molecule has 0 bridgehead atoms. The lowest BCUT2D eigenvalue weighted by Gasteiger charge is -2.24. The summed E-state index contributed by atoms with van der Waals surface area (Å²) < 4.78 is 41.6. The fourth-order valence-corrected chi connectivity index (χ4v) is 4.69. The predicted octanol–water partition coefficient (Wildman–Crippen LogP) is 6.24. The third-order valence-electron chi connectivity index (χ3n) is 5.82. The average Bonchev–Trinajstić information content (AvgIpc) is 3.44. The number of nitrogen functional groups attached to an aromatic ring is 1. The van der Waals surface area contributed by atoms with Crippen LogP contribution in [0.5, 0.6) is 5.75 Å². The van der Waals surface area contributed by atoms with Crippen molar-refractivity contribution in [2.24, 2.45) is 0 Å². The summed E-state index contributed by atoms with van der Waals surface area (Å²) in [6.07, 6.45) is 2.14. The van der Waals surface area contributed by atoms with Crippen molar-refractivity contribution in [2.75, 3.05) is 18.8 Å². The minimum Gasteiger partial charge on any atom is -0.482 e. The van der Waals surface area contributed by atoms with Crippen LogP contribution in [0.25, 0.3) is 11.1 Å². The Morgan fingerprint density at radius 3 is 2.65 bits per heavy atom. The van der Waals surface area contributed by atoms with Crippen LogP contribution in [0.1, 0.15) is 45.4 Å². The number of hydrogen-bond acceptors (Lipinski definition) is 6. The average molecular weight is 554 g/mol. The summed E-state index contributed by atoms with van der Waals surface area (Å²) in [5.74, 6) is -0.277. The number of nitrogens with two attached hydrogens (primary N) is 1. The van der Waals surface area contributed by atoms with Crippen LogP contribution < -0.4 is 10.5 Å². The van der Waals surface area contributed by atoms with Gasteiger partial charge < -0.3 is 20.1 Å². The first-order valence-electron chi connectivity index (χ1n) is 11.6. The van der Waals surface area contributed by atoms with Crippen LogP contribution in [0.3, 0.4) is 0 Å². The maximum absolute atomic E-state index is 14.8. The number of pyridine rings is 1. The Morgan fingerprint density at radius 1 is 1.22 bits per heavy atom. The highest BCUT2D eigenvalue weighted by Crippen LogP contribution is 2.37. The largest absolute Gasteiger partial charge is 0.482 e. The van der Waals surface area contributed by atoms with Crippen molar-refractivity contribution < 1.29 is 23.0 Å². The molecule has 1 fully saturated rings. The third kappa shape index (κ3) is 5.91. The molecule has 198 valence electrons. The van der Waals surface area contributed by atoms with Crippen LogP contribution in [-0.2, 0) is 4.74 Å². The highest BCUT2D eigenvalue weighted by atomic mass is 35.5. The number of hydrogen-bond donors (Lipinski definition) is 1. The molecule has 1 aliphatic rings. The van der Waals surface area contributed by atoms with Crippen LogP contribution in [0.4, 0.5) is 19.4 Å². The summed E-state index contributed by atoms with van der Waals surface area (Å²) in [6, 6.07) is 3.55. The zero-order valence-electron chi connectivity index (χ0n) is 20.7. The Morgan fingerprint density at radius 2 is 1.95 bits per heavy atom. The van der Waals surface area contributed by atoms with Gasteiger partial charge in [-0.15, -0.1) is 0 Å². The predicted molar refractivity (Wildman–Crippen MR) is 137 cm³/mol. The van der Waals surface area contributed by atoms with E-state index in [0.717, 1.165) is 0 Å². The van der Waals surface area contributed by atoms with E-state index in [9.17, 15) is 13.6 Å². The van der Waals surface area contributed by atoms with Crippen LogP contribution in [-0.4, -0.2) is 50.6 Å². The number of alkyl halides is 1. The van der Waals surface area contributed by atoms with E-state index >= 15 is 0 Å². The van der Waals surface area contributed by atoms with Crippen molar-refractivity contribution in [3.8, 4) is 16.9 Å². The summed E-state index contributed by atoms with van der Waals surface area (Å²) in [5.41, 5.74) is 6.86. The molecule has 37 heavy (non-hydrogen) atoms. The van der Waals surface area contributed by atoms with Crippen molar-refractivity contribution >= 4 is 35.1 Å². The van der Waals surface area contributed by atoms with Crippen molar-refractivity contribution in [2.45, 2.75) is 51.6 Å². The Balaban J connectivity index is 1.52. The van der Waals surface area contributed by atoms with Gasteiger partial charge in [0.2, 0.25) is 0 Å². The Hall–Kier alpha value is -3.11. The molecule has 0 radical (unpaired) electrons. The van der Waals surface area contributed by atoms with Crippen LogP contribution in [0, 0.1) is 5.82 Å². The van der Waals surface area contributed by atoms with E-state index in [-0.39, 0.29) is 40.3 Å². The number of rotatable bonds is 5. The van der Waals surface area contributed by atoms with Gasteiger partial charge in [-0.3, -0.25) is 4.68 Å². The summed E-state index contributed by atoms with van der Waals surface area (Å²) >= 11 is 12.3. The number of amides is 1. The molecular formula is C25H27Cl2F2N5O3. The SMILES string of the molecule is C[C@@H](Oc1cc(-c2cnn(C3CN(C(=O)OC(C)(C)C)CC3F)c2)cnc1N)c1c(Cl)ccc(F)c1Cl. The number of nitrogens with zero attached hydrogens (tertiary/aromatic N) is 4. The lowest BCUT2D eigenvalue weighted by Crippen LogP contribution is -2.35. The van der Waals surface area contributed by atoms with Gasteiger partial charge in [0.25, 0.3) is 0 Å². The van der Waals surface area contributed by atoms with E-state index in [1.807, 2.05) is 0 Å². The number of ether oxygens (including phenoxy) is 2. The van der Waals surface area contributed by atoms with Gasteiger partial charge in [0.15, 0.2) is 11.6 Å². The van der Waals surface area contributed by atoms with Gasteiger partial charge in [-0.2, -0.15) is 5.10 Å². The van der Waals surface area contributed by atoms with E-state index in [4.69, 9.17) is 38.4 Å². The molecule has 0 saturated carbocycles. The van der Waals surface area contributed by atoms with E-state index in [1.54, 1.807) is 46.2 Å². The van der Waals surface area contributed by atoms with Crippen LogP contribution in [0.2, 0.25) is 10.0 Å². The van der Waals surface area contributed by atoms with Crippen molar-refractivity contribution in [3.05, 3.63) is 58.2 Å². The Kier molecular flexibility index (Phi) is 7.52. The zero-order valence-corrected chi connectivity index (χ0v) is 22.2. The van der Waals surface area contributed by atoms with E-state index in [0.29, 0.717) is 11.1 Å². The number of carbonyl (C=O) groups excluding carboxylic acids is 1. The quantitative estimate of drug-likeness (QED) is 0.375. The second-order valence-corrected chi connectivity index (χ2v) is 10.6. The van der Waals surface area contributed by atoms with Crippen molar-refractivity contribution in [1.82, 2.24) is 19.7 Å². The van der Waals surface area contributed by atoms with Gasteiger partial charge in [0.1, 0.15) is 29.7 Å². The highest BCUT2D eigenvalue weighted by molar-refractivity contribution is 6.36. The van der Waals surface area contributed by atoms with Gasteiger partial charge in [-0.25, -0.2) is 18.6 Å². The zero-order chi connectivity index (χ0) is 27.1. The van der Waals surface area contributed by atoms with Crippen LogP contribution in [0.15, 0.2) is 36.8 Å². The van der Waals surface area contributed by atoms with Crippen molar-refractivity contribution in [1.29, 1.82) is 0 Å². The number of carbonyl (C=O) groups is 1. The molecule has 3 aromatic rings.